The number of nitrogens with zero attached hydrogens (tertiary/aromatic N) is 2. The summed E-state index contributed by atoms with van der Waals surface area (Å²) in [6.07, 6.45) is 0.817. The Morgan fingerprint density at radius 2 is 2.14 bits per heavy atom. The molecule has 1 amide bonds. The normalized spacial score (nSPS) is 12.1. The number of aryl methyl sites for hydroxylation is 1. The second kappa shape index (κ2) is 7.47. The van der Waals surface area contributed by atoms with Gasteiger partial charge in [-0.2, -0.15) is 0 Å². The molecule has 2 rings (SSSR count). The molecule has 2 N–H and O–H groups in total. The fraction of sp³-hybridized carbons (Fsp3) is 0.357. The minimum absolute atomic E-state index is 0.00996. The Hall–Kier alpha value is -1.53. The van der Waals surface area contributed by atoms with Gasteiger partial charge in [0, 0.05) is 5.02 Å². The highest BCUT2D eigenvalue weighted by atomic mass is 35.5. The van der Waals surface area contributed by atoms with Crippen LogP contribution in [0.15, 0.2) is 29.4 Å². The average molecular weight is 325 g/mol. The number of thioether (sulfide) groups is 1. The summed E-state index contributed by atoms with van der Waals surface area (Å²) in [7, 11) is 0. The highest BCUT2D eigenvalue weighted by molar-refractivity contribution is 7.99. The molecule has 1 atom stereocenters. The van der Waals surface area contributed by atoms with Gasteiger partial charge in [-0.15, -0.1) is 5.10 Å². The van der Waals surface area contributed by atoms with E-state index in [1.165, 1.54) is 11.8 Å². The zero-order chi connectivity index (χ0) is 15.2. The third-order valence-corrected chi connectivity index (χ3v) is 4.02. The smallest absolute Gasteiger partial charge is 0.230 e. The molecular weight excluding hydrogens is 308 g/mol. The zero-order valence-corrected chi connectivity index (χ0v) is 13.5. The minimum atomic E-state index is -0.0377. The number of rotatable bonds is 6. The van der Waals surface area contributed by atoms with Crippen LogP contribution in [0.3, 0.4) is 0 Å². The number of H-pyrrole nitrogens is 1. The van der Waals surface area contributed by atoms with Crippen molar-refractivity contribution in [3.63, 3.8) is 0 Å². The maximum atomic E-state index is 12.0. The predicted octanol–water partition coefficient (Wildman–Crippen LogP) is 3.13. The summed E-state index contributed by atoms with van der Waals surface area (Å²) in [5, 5.41) is 11.0. The highest BCUT2D eigenvalue weighted by Gasteiger charge is 2.13. The minimum Gasteiger partial charge on any atom is -0.349 e. The Bertz CT molecular complexity index is 599. The molecule has 0 saturated carbocycles. The third kappa shape index (κ3) is 4.75. The monoisotopic (exact) mass is 324 g/mol. The number of aromatic amines is 1. The van der Waals surface area contributed by atoms with Gasteiger partial charge >= 0.3 is 0 Å². The van der Waals surface area contributed by atoms with Gasteiger partial charge in [0.15, 0.2) is 0 Å². The first kappa shape index (κ1) is 15.9. The van der Waals surface area contributed by atoms with Crippen LogP contribution in [0.1, 0.15) is 30.8 Å². The van der Waals surface area contributed by atoms with E-state index < -0.39 is 0 Å². The lowest BCUT2D eigenvalue weighted by molar-refractivity contribution is -0.119. The number of benzene rings is 1. The lowest BCUT2D eigenvalue weighted by Gasteiger charge is -2.17. The fourth-order valence-electron chi connectivity index (χ4n) is 1.87. The molecule has 112 valence electrons. The van der Waals surface area contributed by atoms with Gasteiger partial charge in [-0.25, -0.2) is 4.98 Å². The van der Waals surface area contributed by atoms with Crippen LogP contribution in [0.2, 0.25) is 5.02 Å². The first-order chi connectivity index (χ1) is 10.1. The molecule has 0 spiro atoms. The number of carbonyl (C=O) groups excluding carboxylic acids is 1. The van der Waals surface area contributed by atoms with E-state index in [2.05, 4.69) is 20.5 Å². The number of hydrogen-bond donors (Lipinski definition) is 2. The van der Waals surface area contributed by atoms with Gasteiger partial charge in [0.25, 0.3) is 0 Å². The summed E-state index contributed by atoms with van der Waals surface area (Å²) in [4.78, 5) is 16.2. The predicted molar refractivity (Wildman–Crippen MR) is 84.5 cm³/mol. The van der Waals surface area contributed by atoms with Crippen molar-refractivity contribution in [1.29, 1.82) is 0 Å². The molecule has 0 bridgehead atoms. The fourth-order valence-corrected chi connectivity index (χ4v) is 2.65. The van der Waals surface area contributed by atoms with Gasteiger partial charge in [0.1, 0.15) is 5.82 Å². The van der Waals surface area contributed by atoms with Gasteiger partial charge in [0.2, 0.25) is 11.1 Å². The van der Waals surface area contributed by atoms with Crippen molar-refractivity contribution in [2.75, 3.05) is 5.75 Å². The first-order valence-electron chi connectivity index (χ1n) is 6.65. The Morgan fingerprint density at radius 3 is 2.71 bits per heavy atom. The van der Waals surface area contributed by atoms with Crippen molar-refractivity contribution >= 4 is 29.3 Å². The van der Waals surface area contributed by atoms with Crippen molar-refractivity contribution in [2.24, 2.45) is 0 Å². The summed E-state index contributed by atoms with van der Waals surface area (Å²) in [6.45, 7) is 3.86. The number of amides is 1. The molecule has 1 heterocycles. The van der Waals surface area contributed by atoms with E-state index in [-0.39, 0.29) is 11.9 Å². The first-order valence-corrected chi connectivity index (χ1v) is 8.01. The van der Waals surface area contributed by atoms with E-state index in [4.69, 9.17) is 11.6 Å². The number of aromatic nitrogens is 3. The van der Waals surface area contributed by atoms with Crippen LogP contribution >= 0.6 is 23.4 Å². The van der Waals surface area contributed by atoms with Gasteiger partial charge < -0.3 is 5.32 Å². The number of carbonyl (C=O) groups is 1. The molecule has 21 heavy (non-hydrogen) atoms. The standard InChI is InChI=1S/C14H17ClN4OS/c1-3-12(10-4-6-11(15)7-5-10)17-13(20)8-21-14-16-9(2)18-19-14/h4-7,12H,3,8H2,1-2H3,(H,17,20)(H,16,18,19). The Morgan fingerprint density at radius 1 is 1.43 bits per heavy atom. The maximum absolute atomic E-state index is 12.0. The molecular formula is C14H17ClN4OS. The number of halogens is 1. The molecule has 1 aromatic heterocycles. The van der Waals surface area contributed by atoms with Crippen LogP contribution in [0.4, 0.5) is 0 Å². The van der Waals surface area contributed by atoms with Gasteiger partial charge in [-0.3, -0.25) is 9.89 Å². The quantitative estimate of drug-likeness (QED) is 0.801. The summed E-state index contributed by atoms with van der Waals surface area (Å²) in [6, 6.07) is 7.52. The van der Waals surface area contributed by atoms with E-state index in [9.17, 15) is 4.79 Å². The lowest BCUT2D eigenvalue weighted by atomic mass is 10.0. The van der Waals surface area contributed by atoms with E-state index in [1.807, 2.05) is 38.1 Å². The number of nitrogens with one attached hydrogen (secondary N) is 2. The Balaban J connectivity index is 1.89. The molecule has 1 aromatic carbocycles. The molecule has 0 fully saturated rings. The van der Waals surface area contributed by atoms with Gasteiger partial charge in [-0.05, 0) is 31.0 Å². The van der Waals surface area contributed by atoms with Crippen molar-refractivity contribution < 1.29 is 4.79 Å². The highest BCUT2D eigenvalue weighted by Crippen LogP contribution is 2.20. The zero-order valence-electron chi connectivity index (χ0n) is 11.9. The third-order valence-electron chi connectivity index (χ3n) is 2.92. The topological polar surface area (TPSA) is 70.7 Å². The molecule has 0 aliphatic heterocycles. The molecule has 0 aliphatic carbocycles. The Kier molecular flexibility index (Phi) is 5.64. The van der Waals surface area contributed by atoms with Crippen LogP contribution < -0.4 is 5.32 Å². The van der Waals surface area contributed by atoms with E-state index in [0.29, 0.717) is 15.9 Å². The van der Waals surface area contributed by atoms with Gasteiger partial charge in [-0.1, -0.05) is 42.4 Å². The molecule has 2 aromatic rings. The van der Waals surface area contributed by atoms with Crippen LogP contribution in [0.25, 0.3) is 0 Å². The lowest BCUT2D eigenvalue weighted by Crippen LogP contribution is -2.29. The van der Waals surface area contributed by atoms with Crippen molar-refractivity contribution in [3.05, 3.63) is 40.7 Å². The van der Waals surface area contributed by atoms with E-state index in [1.54, 1.807) is 0 Å². The summed E-state index contributed by atoms with van der Waals surface area (Å²) < 4.78 is 0. The average Bonchev–Trinajstić information content (AvgIpc) is 2.89. The Labute approximate surface area is 132 Å². The largest absolute Gasteiger partial charge is 0.349 e. The second-order valence-electron chi connectivity index (χ2n) is 4.57. The summed E-state index contributed by atoms with van der Waals surface area (Å²) in [5.74, 6) is 0.997. The maximum Gasteiger partial charge on any atom is 0.230 e. The molecule has 0 saturated heterocycles. The van der Waals surface area contributed by atoms with E-state index >= 15 is 0 Å². The molecule has 0 aliphatic rings. The van der Waals surface area contributed by atoms with Crippen molar-refractivity contribution in [3.8, 4) is 0 Å². The van der Waals surface area contributed by atoms with Crippen LogP contribution in [0.5, 0.6) is 0 Å². The van der Waals surface area contributed by atoms with Crippen LogP contribution in [-0.4, -0.2) is 26.8 Å². The summed E-state index contributed by atoms with van der Waals surface area (Å²) in [5.41, 5.74) is 1.05. The molecule has 0 radical (unpaired) electrons. The molecule has 7 heteroatoms. The van der Waals surface area contributed by atoms with E-state index in [0.717, 1.165) is 17.8 Å². The summed E-state index contributed by atoms with van der Waals surface area (Å²) >= 11 is 7.19. The van der Waals surface area contributed by atoms with Crippen molar-refractivity contribution in [1.82, 2.24) is 20.5 Å². The molecule has 5 nitrogen and oxygen atoms in total. The molecule has 1 unspecified atom stereocenters. The number of hydrogen-bond acceptors (Lipinski definition) is 4. The van der Waals surface area contributed by atoms with Gasteiger partial charge in [0.05, 0.1) is 11.8 Å². The van der Waals surface area contributed by atoms with Crippen LogP contribution in [-0.2, 0) is 4.79 Å². The second-order valence-corrected chi connectivity index (χ2v) is 5.95. The van der Waals surface area contributed by atoms with Crippen molar-refractivity contribution in [2.45, 2.75) is 31.5 Å². The SMILES string of the molecule is CCC(NC(=O)CSc1n[nH]c(C)n1)c1ccc(Cl)cc1. The van der Waals surface area contributed by atoms with Crippen LogP contribution in [0, 0.1) is 6.92 Å².